The van der Waals surface area contributed by atoms with E-state index >= 15 is 0 Å². The Hall–Kier alpha value is -3.63. The first-order chi connectivity index (χ1) is 15.5. The minimum Gasteiger partial charge on any atom is -0.486 e. The summed E-state index contributed by atoms with van der Waals surface area (Å²) in [4.78, 5) is 19.1. The number of carbonyl (C=O) groups excluding carboxylic acids is 1. The molecule has 0 aromatic heterocycles. The molecular weight excluding hydrogens is 409 g/mol. The Morgan fingerprint density at radius 1 is 1.31 bits per heavy atom. The molecule has 32 heavy (non-hydrogen) atoms. The molecule has 0 atom stereocenters. The van der Waals surface area contributed by atoms with Crippen LogP contribution in [0.25, 0.3) is 0 Å². The van der Waals surface area contributed by atoms with Crippen LogP contribution in [-0.4, -0.2) is 52.1 Å². The molecule has 1 saturated heterocycles. The fourth-order valence-corrected chi connectivity index (χ4v) is 3.28. The summed E-state index contributed by atoms with van der Waals surface area (Å²) in [6.07, 6.45) is 7.48. The van der Waals surface area contributed by atoms with E-state index in [1.165, 1.54) is 12.1 Å². The molecule has 2 aromatic carbocycles. The number of halogens is 1. The molecule has 1 fully saturated rings. The zero-order chi connectivity index (χ0) is 22.9. The normalized spacial score (nSPS) is 14.6. The smallest absolute Gasteiger partial charge is 0.148 e. The number of rotatable bonds is 7. The van der Waals surface area contributed by atoms with E-state index in [0.29, 0.717) is 66.8 Å². The standard InChI is InChI=1S/C25H26FN3O3/c1-4-20-6-5-7-22(16-20)32-18-25(27-19(2)10-13-30)28(3)21-8-9-24(23(26)17-21)29-11-14-31-15-12-29/h1,5-10,13,16-17H,11-12,14-15,18H2,2-3H3/b19-10-,27-25?. The van der Waals surface area contributed by atoms with Gasteiger partial charge in [0.05, 0.1) is 18.9 Å². The van der Waals surface area contributed by atoms with E-state index < -0.39 is 0 Å². The molecule has 6 nitrogen and oxygen atoms in total. The number of ether oxygens (including phenoxy) is 2. The topological polar surface area (TPSA) is 54.4 Å². The molecule has 1 heterocycles. The van der Waals surface area contributed by atoms with Gasteiger partial charge in [-0.2, -0.15) is 0 Å². The summed E-state index contributed by atoms with van der Waals surface area (Å²) < 4.78 is 26.1. The van der Waals surface area contributed by atoms with Crippen LogP contribution < -0.4 is 14.5 Å². The van der Waals surface area contributed by atoms with Gasteiger partial charge in [-0.05, 0) is 49.4 Å². The molecule has 0 saturated carbocycles. The van der Waals surface area contributed by atoms with Gasteiger partial charge in [0.15, 0.2) is 0 Å². The maximum atomic E-state index is 14.9. The monoisotopic (exact) mass is 435 g/mol. The first-order valence-corrected chi connectivity index (χ1v) is 10.3. The number of hydrogen-bond donors (Lipinski definition) is 0. The van der Waals surface area contributed by atoms with Crippen molar-refractivity contribution in [1.29, 1.82) is 0 Å². The molecule has 0 bridgehead atoms. The first kappa shape index (κ1) is 23.0. The lowest BCUT2D eigenvalue weighted by Gasteiger charge is -2.30. The zero-order valence-electron chi connectivity index (χ0n) is 18.3. The maximum Gasteiger partial charge on any atom is 0.148 e. The molecule has 0 unspecified atom stereocenters. The third kappa shape index (κ3) is 5.96. The molecule has 7 heteroatoms. The van der Waals surface area contributed by atoms with Crippen LogP contribution in [0.4, 0.5) is 15.8 Å². The number of amidine groups is 1. The molecule has 0 radical (unpaired) electrons. The third-order valence-electron chi connectivity index (χ3n) is 5.04. The van der Waals surface area contributed by atoms with Gasteiger partial charge in [-0.25, -0.2) is 9.38 Å². The fraction of sp³-hybridized carbons (Fsp3) is 0.280. The van der Waals surface area contributed by atoms with Crippen molar-refractivity contribution in [2.24, 2.45) is 4.99 Å². The van der Waals surface area contributed by atoms with Gasteiger partial charge in [-0.15, -0.1) is 6.42 Å². The van der Waals surface area contributed by atoms with Crippen molar-refractivity contribution in [3.8, 4) is 18.1 Å². The number of terminal acetylenes is 1. The van der Waals surface area contributed by atoms with Crippen molar-refractivity contribution in [3.63, 3.8) is 0 Å². The Labute approximate surface area is 188 Å². The molecule has 0 aliphatic carbocycles. The van der Waals surface area contributed by atoms with Gasteiger partial charge in [0.1, 0.15) is 30.3 Å². The number of likely N-dealkylation sites (N-methyl/N-ethyl adjacent to an activating group) is 1. The number of allylic oxidation sites excluding steroid dienone is 2. The Bertz CT molecular complexity index is 1050. The Morgan fingerprint density at radius 3 is 2.78 bits per heavy atom. The second kappa shape index (κ2) is 11.1. The van der Waals surface area contributed by atoms with Crippen molar-refractivity contribution < 1.29 is 18.7 Å². The van der Waals surface area contributed by atoms with Crippen molar-refractivity contribution in [2.45, 2.75) is 6.92 Å². The van der Waals surface area contributed by atoms with Gasteiger partial charge in [0, 0.05) is 37.1 Å². The van der Waals surface area contributed by atoms with Gasteiger partial charge in [-0.1, -0.05) is 12.0 Å². The average Bonchev–Trinajstić information content (AvgIpc) is 2.82. The maximum absolute atomic E-state index is 14.9. The number of aldehydes is 1. The highest BCUT2D eigenvalue weighted by Gasteiger charge is 2.18. The van der Waals surface area contributed by atoms with Crippen molar-refractivity contribution in [2.75, 3.05) is 49.8 Å². The summed E-state index contributed by atoms with van der Waals surface area (Å²) >= 11 is 0. The van der Waals surface area contributed by atoms with E-state index in [1.807, 2.05) is 23.1 Å². The molecule has 0 N–H and O–H groups in total. The molecule has 1 aliphatic heterocycles. The van der Waals surface area contributed by atoms with Crippen LogP contribution in [0.15, 0.2) is 59.2 Å². The summed E-state index contributed by atoms with van der Waals surface area (Å²) in [6.45, 7) is 4.28. The number of aliphatic imine (C=N–C) groups is 1. The number of morpholine rings is 1. The highest BCUT2D eigenvalue weighted by molar-refractivity contribution is 5.99. The van der Waals surface area contributed by atoms with Gasteiger partial charge >= 0.3 is 0 Å². The van der Waals surface area contributed by atoms with Crippen LogP contribution in [0, 0.1) is 18.2 Å². The Morgan fingerprint density at radius 2 is 2.09 bits per heavy atom. The zero-order valence-corrected chi connectivity index (χ0v) is 18.3. The van der Waals surface area contributed by atoms with Crippen molar-refractivity contribution >= 4 is 23.5 Å². The molecule has 0 spiro atoms. The van der Waals surface area contributed by atoms with Gasteiger partial charge in [0.25, 0.3) is 0 Å². The highest BCUT2D eigenvalue weighted by Crippen LogP contribution is 2.26. The van der Waals surface area contributed by atoms with Crippen LogP contribution >= 0.6 is 0 Å². The predicted molar refractivity (Wildman–Crippen MR) is 125 cm³/mol. The number of nitrogens with zero attached hydrogens (tertiary/aromatic N) is 3. The lowest BCUT2D eigenvalue weighted by molar-refractivity contribution is -0.104. The SMILES string of the molecule is C#Cc1cccc(OCC(=N/C(C)=C\C=O)N(C)c2ccc(N3CCOCC3)c(F)c2)c1. The van der Waals surface area contributed by atoms with E-state index in [-0.39, 0.29) is 12.4 Å². The van der Waals surface area contributed by atoms with Crippen LogP contribution in [-0.2, 0) is 9.53 Å². The van der Waals surface area contributed by atoms with Crippen LogP contribution in [0.1, 0.15) is 12.5 Å². The van der Waals surface area contributed by atoms with Crippen LogP contribution in [0.5, 0.6) is 5.75 Å². The number of anilines is 2. The fourth-order valence-electron chi connectivity index (χ4n) is 3.28. The lowest BCUT2D eigenvalue weighted by Crippen LogP contribution is -2.37. The third-order valence-corrected chi connectivity index (χ3v) is 5.04. The van der Waals surface area contributed by atoms with E-state index in [9.17, 15) is 9.18 Å². The quantitative estimate of drug-likeness (QED) is 0.218. The molecule has 2 aromatic rings. The summed E-state index contributed by atoms with van der Waals surface area (Å²) in [5.74, 6) is 3.34. The molecule has 1 aliphatic rings. The second-order valence-corrected chi connectivity index (χ2v) is 7.23. The average molecular weight is 435 g/mol. The largest absolute Gasteiger partial charge is 0.486 e. The summed E-state index contributed by atoms with van der Waals surface area (Å²) in [7, 11) is 1.78. The van der Waals surface area contributed by atoms with Crippen LogP contribution in [0.2, 0.25) is 0 Å². The number of benzene rings is 2. The highest BCUT2D eigenvalue weighted by atomic mass is 19.1. The number of hydrogen-bond acceptors (Lipinski definition) is 5. The van der Waals surface area contributed by atoms with Gasteiger partial charge in [-0.3, -0.25) is 4.79 Å². The van der Waals surface area contributed by atoms with Gasteiger partial charge < -0.3 is 19.3 Å². The lowest BCUT2D eigenvalue weighted by atomic mass is 10.2. The van der Waals surface area contributed by atoms with Crippen LogP contribution in [0.3, 0.4) is 0 Å². The summed E-state index contributed by atoms with van der Waals surface area (Å²) in [5.41, 5.74) is 2.36. The minimum atomic E-state index is -0.321. The Balaban J connectivity index is 1.83. The molecule has 0 amide bonds. The Kier molecular flexibility index (Phi) is 8.01. The minimum absolute atomic E-state index is 0.0986. The summed E-state index contributed by atoms with van der Waals surface area (Å²) in [5, 5.41) is 0. The molecule has 166 valence electrons. The number of carbonyl (C=O) groups is 1. The molecular formula is C25H26FN3O3. The van der Waals surface area contributed by atoms with Gasteiger partial charge in [0.2, 0.25) is 0 Å². The van der Waals surface area contributed by atoms with E-state index in [2.05, 4.69) is 10.9 Å². The summed E-state index contributed by atoms with van der Waals surface area (Å²) in [6, 6.07) is 12.2. The van der Waals surface area contributed by atoms with Crippen molar-refractivity contribution in [3.05, 3.63) is 65.6 Å². The predicted octanol–water partition coefficient (Wildman–Crippen LogP) is 3.66. The molecule has 3 rings (SSSR count). The van der Waals surface area contributed by atoms with Crippen molar-refractivity contribution in [1.82, 2.24) is 0 Å². The van der Waals surface area contributed by atoms with E-state index in [0.717, 1.165) is 0 Å². The first-order valence-electron chi connectivity index (χ1n) is 10.3. The van der Waals surface area contributed by atoms with E-state index in [4.69, 9.17) is 15.9 Å². The second-order valence-electron chi connectivity index (χ2n) is 7.23. The van der Waals surface area contributed by atoms with E-state index in [1.54, 1.807) is 37.1 Å².